The maximum atomic E-state index is 11.8. The van der Waals surface area contributed by atoms with Crippen LogP contribution in [0, 0.1) is 11.3 Å². The third-order valence-electron chi connectivity index (χ3n) is 3.22. The first-order valence-electron chi connectivity index (χ1n) is 5.30. The summed E-state index contributed by atoms with van der Waals surface area (Å²) in [4.78, 5) is 23.4. The number of hydrogen-bond acceptors (Lipinski definition) is 3. The van der Waals surface area contributed by atoms with Crippen LogP contribution < -0.4 is 0 Å². The Bertz CT molecular complexity index is 306. The highest BCUT2D eigenvalue weighted by atomic mass is 16.5. The van der Waals surface area contributed by atoms with Crippen molar-refractivity contribution in [3.05, 3.63) is 12.2 Å². The van der Waals surface area contributed by atoms with Gasteiger partial charge in [-0.25, -0.2) is 0 Å². The number of ether oxygens (including phenoxy) is 1. The number of Topliss-reactive ketones (excluding diaryl/α,β-unsaturated/α-hetero) is 1. The van der Waals surface area contributed by atoms with Gasteiger partial charge in [-0.05, 0) is 32.6 Å². The summed E-state index contributed by atoms with van der Waals surface area (Å²) in [5.74, 6) is -0.271. The third kappa shape index (κ3) is 1.96. The molecular formula is C12H18O3. The van der Waals surface area contributed by atoms with Crippen LogP contribution in [-0.2, 0) is 14.3 Å². The van der Waals surface area contributed by atoms with E-state index in [2.05, 4.69) is 6.58 Å². The molecule has 2 atom stereocenters. The van der Waals surface area contributed by atoms with E-state index in [9.17, 15) is 9.59 Å². The molecule has 0 aromatic heterocycles. The predicted molar refractivity (Wildman–Crippen MR) is 57.3 cm³/mol. The lowest BCUT2D eigenvalue weighted by Gasteiger charge is -2.23. The smallest absolute Gasteiger partial charge is 0.319 e. The van der Waals surface area contributed by atoms with Gasteiger partial charge in [0.05, 0.1) is 6.61 Å². The molecule has 84 valence electrons. The Morgan fingerprint density at radius 1 is 1.60 bits per heavy atom. The Hall–Kier alpha value is -1.12. The molecule has 0 bridgehead atoms. The van der Waals surface area contributed by atoms with E-state index in [0.717, 1.165) is 5.57 Å². The minimum atomic E-state index is -0.952. The van der Waals surface area contributed by atoms with E-state index in [-0.39, 0.29) is 17.7 Å². The molecule has 1 rings (SSSR count). The fourth-order valence-electron chi connectivity index (χ4n) is 2.14. The van der Waals surface area contributed by atoms with Crippen LogP contribution in [0.3, 0.4) is 0 Å². The number of ketones is 1. The third-order valence-corrected chi connectivity index (χ3v) is 3.22. The number of hydrogen-bond donors (Lipinski definition) is 0. The molecule has 0 aromatic rings. The van der Waals surface area contributed by atoms with Crippen molar-refractivity contribution in [2.24, 2.45) is 11.3 Å². The van der Waals surface area contributed by atoms with Gasteiger partial charge in [0.25, 0.3) is 0 Å². The van der Waals surface area contributed by atoms with Gasteiger partial charge in [0.15, 0.2) is 0 Å². The maximum absolute atomic E-state index is 11.8. The van der Waals surface area contributed by atoms with Crippen molar-refractivity contribution >= 4 is 11.8 Å². The second-order valence-corrected chi connectivity index (χ2v) is 4.30. The molecule has 0 heterocycles. The van der Waals surface area contributed by atoms with Crippen LogP contribution in [0.25, 0.3) is 0 Å². The normalized spacial score (nSPS) is 30.3. The van der Waals surface area contributed by atoms with Gasteiger partial charge >= 0.3 is 5.97 Å². The van der Waals surface area contributed by atoms with Crippen LogP contribution in [0.5, 0.6) is 0 Å². The second kappa shape index (κ2) is 4.17. The van der Waals surface area contributed by atoms with Gasteiger partial charge in [0, 0.05) is 0 Å². The second-order valence-electron chi connectivity index (χ2n) is 4.30. The molecule has 1 fully saturated rings. The number of carbonyl (C=O) groups excluding carboxylic acids is 2. The van der Waals surface area contributed by atoms with Crippen LogP contribution in [0.1, 0.15) is 33.6 Å². The van der Waals surface area contributed by atoms with E-state index < -0.39 is 5.41 Å². The summed E-state index contributed by atoms with van der Waals surface area (Å²) in [6.45, 7) is 9.41. The van der Waals surface area contributed by atoms with Crippen molar-refractivity contribution in [3.8, 4) is 0 Å². The van der Waals surface area contributed by atoms with E-state index in [0.29, 0.717) is 19.4 Å². The predicted octanol–water partition coefficient (Wildman–Crippen LogP) is 2.11. The molecule has 1 saturated carbocycles. The van der Waals surface area contributed by atoms with E-state index in [4.69, 9.17) is 4.74 Å². The molecule has 3 nitrogen and oxygen atoms in total. The van der Waals surface area contributed by atoms with Gasteiger partial charge < -0.3 is 4.74 Å². The van der Waals surface area contributed by atoms with Crippen LogP contribution in [0.15, 0.2) is 12.2 Å². The Labute approximate surface area is 90.5 Å². The van der Waals surface area contributed by atoms with E-state index >= 15 is 0 Å². The Morgan fingerprint density at radius 2 is 2.20 bits per heavy atom. The zero-order chi connectivity index (χ0) is 11.6. The number of allylic oxidation sites excluding steroid dienone is 1. The fraction of sp³-hybridized carbons (Fsp3) is 0.667. The van der Waals surface area contributed by atoms with Crippen LogP contribution in [0.4, 0.5) is 0 Å². The van der Waals surface area contributed by atoms with E-state index in [1.165, 1.54) is 6.92 Å². The number of rotatable bonds is 3. The summed E-state index contributed by atoms with van der Waals surface area (Å²) in [6.07, 6.45) is 0.988. The lowest BCUT2D eigenvalue weighted by Crippen LogP contribution is -2.37. The van der Waals surface area contributed by atoms with Crippen molar-refractivity contribution in [1.29, 1.82) is 0 Å². The fourth-order valence-corrected chi connectivity index (χ4v) is 2.14. The van der Waals surface area contributed by atoms with E-state index in [1.54, 1.807) is 6.92 Å². The van der Waals surface area contributed by atoms with Gasteiger partial charge in [0.1, 0.15) is 11.2 Å². The molecule has 0 saturated heterocycles. The van der Waals surface area contributed by atoms with Crippen LogP contribution in [0.2, 0.25) is 0 Å². The first-order valence-corrected chi connectivity index (χ1v) is 5.30. The average molecular weight is 210 g/mol. The highest BCUT2D eigenvalue weighted by molar-refractivity contribution is 6.03. The quantitative estimate of drug-likeness (QED) is 0.407. The van der Waals surface area contributed by atoms with Crippen molar-refractivity contribution in [1.82, 2.24) is 0 Å². The molecule has 0 radical (unpaired) electrons. The highest BCUT2D eigenvalue weighted by Crippen LogP contribution is 2.46. The lowest BCUT2D eigenvalue weighted by molar-refractivity contribution is -0.159. The molecule has 0 amide bonds. The number of esters is 1. The summed E-state index contributed by atoms with van der Waals surface area (Å²) >= 11 is 0. The van der Waals surface area contributed by atoms with Gasteiger partial charge in [-0.1, -0.05) is 19.1 Å². The standard InChI is InChI=1S/C12H18O3/c1-5-15-11(14)12(10(4)13)6-8(2)9(3)7-12/h9H,2,5-7H2,1,3-4H3. The molecule has 1 aliphatic carbocycles. The van der Waals surface area contributed by atoms with E-state index in [1.807, 2.05) is 6.92 Å². The Balaban J connectivity index is 2.96. The van der Waals surface area contributed by atoms with Gasteiger partial charge in [0.2, 0.25) is 0 Å². The average Bonchev–Trinajstić information content (AvgIpc) is 2.45. The zero-order valence-corrected chi connectivity index (χ0v) is 9.63. The Kier molecular flexibility index (Phi) is 3.32. The zero-order valence-electron chi connectivity index (χ0n) is 9.63. The SMILES string of the molecule is C=C1CC(C(C)=O)(C(=O)OCC)CC1C. The van der Waals surface area contributed by atoms with Crippen LogP contribution in [-0.4, -0.2) is 18.4 Å². The van der Waals surface area contributed by atoms with Gasteiger partial charge in [-0.3, -0.25) is 9.59 Å². The van der Waals surface area contributed by atoms with Crippen molar-refractivity contribution in [3.63, 3.8) is 0 Å². The molecule has 0 spiro atoms. The molecule has 1 aliphatic rings. The molecule has 3 heteroatoms. The molecule has 15 heavy (non-hydrogen) atoms. The summed E-state index contributed by atoms with van der Waals surface area (Å²) in [6, 6.07) is 0. The van der Waals surface area contributed by atoms with Crippen LogP contribution >= 0.6 is 0 Å². The maximum Gasteiger partial charge on any atom is 0.319 e. The summed E-state index contributed by atoms with van der Waals surface area (Å²) < 4.78 is 4.99. The minimum absolute atomic E-state index is 0.105. The van der Waals surface area contributed by atoms with Crippen molar-refractivity contribution in [2.75, 3.05) is 6.61 Å². The first kappa shape index (κ1) is 12.0. The topological polar surface area (TPSA) is 43.4 Å². The summed E-state index contributed by atoms with van der Waals surface area (Å²) in [5, 5.41) is 0. The lowest BCUT2D eigenvalue weighted by atomic mass is 9.81. The van der Waals surface area contributed by atoms with Gasteiger partial charge in [-0.15, -0.1) is 0 Å². The molecular weight excluding hydrogens is 192 g/mol. The first-order chi connectivity index (χ1) is 6.94. The molecule has 0 N–H and O–H groups in total. The largest absolute Gasteiger partial charge is 0.465 e. The summed E-state index contributed by atoms with van der Waals surface area (Å²) in [5.41, 5.74) is 0.0187. The molecule has 0 aromatic carbocycles. The summed E-state index contributed by atoms with van der Waals surface area (Å²) in [7, 11) is 0. The van der Waals surface area contributed by atoms with Crippen molar-refractivity contribution < 1.29 is 14.3 Å². The minimum Gasteiger partial charge on any atom is -0.465 e. The highest BCUT2D eigenvalue weighted by Gasteiger charge is 2.50. The monoisotopic (exact) mass is 210 g/mol. The molecule has 0 aliphatic heterocycles. The number of carbonyl (C=O) groups is 2. The molecule has 2 unspecified atom stereocenters. The Morgan fingerprint density at radius 3 is 2.53 bits per heavy atom. The van der Waals surface area contributed by atoms with Crippen molar-refractivity contribution in [2.45, 2.75) is 33.6 Å². The van der Waals surface area contributed by atoms with Gasteiger partial charge in [-0.2, -0.15) is 0 Å².